The summed E-state index contributed by atoms with van der Waals surface area (Å²) in [5, 5.41) is 2.90. The van der Waals surface area contributed by atoms with Crippen LogP contribution in [0.15, 0.2) is 59.0 Å². The first kappa shape index (κ1) is 20.9. The molecule has 27 heavy (non-hydrogen) atoms. The number of nitrogens with two attached hydrogens (primary N) is 1. The monoisotopic (exact) mass is 391 g/mol. The molecule has 0 fully saturated rings. The minimum atomic E-state index is -0.674. The fraction of sp³-hybridized carbons (Fsp3) is 0.300. The molecule has 2 rings (SSSR count). The number of hydrogen-bond donors (Lipinski definition) is 2. The van der Waals surface area contributed by atoms with Gasteiger partial charge in [-0.2, -0.15) is 0 Å². The van der Waals surface area contributed by atoms with Gasteiger partial charge < -0.3 is 11.1 Å². The standard InChI is InChI=1S/C20H23F2N3OS/c1-12-11-15(6-8-16(12)21)18(26)24-14(3)17(22)7-5-13(2)20(4)9-10-27-19(23)25-20/h5-8,11H,3,9-10H2,1-2,4H3,(H2,23,25)(H,24,26)/b13-5+,17-7+. The predicted molar refractivity (Wildman–Crippen MR) is 108 cm³/mol. The van der Waals surface area contributed by atoms with E-state index < -0.39 is 23.1 Å². The third kappa shape index (κ3) is 5.29. The zero-order chi connectivity index (χ0) is 20.2. The second kappa shape index (κ2) is 8.52. The van der Waals surface area contributed by atoms with Crippen molar-refractivity contribution in [2.24, 2.45) is 10.7 Å². The molecule has 0 aromatic heterocycles. The molecule has 4 nitrogen and oxygen atoms in total. The smallest absolute Gasteiger partial charge is 0.255 e. The molecular weight excluding hydrogens is 368 g/mol. The summed E-state index contributed by atoms with van der Waals surface area (Å²) in [5.74, 6) is -0.786. The van der Waals surface area contributed by atoms with E-state index in [1.54, 1.807) is 13.0 Å². The molecule has 0 radical (unpaired) electrons. The van der Waals surface area contributed by atoms with Gasteiger partial charge in [0.2, 0.25) is 0 Å². The molecule has 1 aromatic rings. The molecule has 0 spiro atoms. The van der Waals surface area contributed by atoms with Gasteiger partial charge in [-0.3, -0.25) is 9.79 Å². The SMILES string of the molecule is C=C(NC(=O)c1ccc(F)c(C)c1)/C(F)=C\C=C(/C)C1(C)CCSC(N)=N1. The van der Waals surface area contributed by atoms with E-state index in [1.165, 1.54) is 36.0 Å². The van der Waals surface area contributed by atoms with Crippen LogP contribution in [-0.4, -0.2) is 22.4 Å². The van der Waals surface area contributed by atoms with Crippen molar-refractivity contribution in [1.82, 2.24) is 5.32 Å². The van der Waals surface area contributed by atoms with Gasteiger partial charge in [-0.05, 0) is 62.6 Å². The van der Waals surface area contributed by atoms with Crippen LogP contribution in [0.1, 0.15) is 36.2 Å². The summed E-state index contributed by atoms with van der Waals surface area (Å²) in [6.07, 6.45) is 3.66. The fourth-order valence-corrected chi connectivity index (χ4v) is 3.48. The molecule has 0 bridgehead atoms. The molecule has 1 amide bonds. The maximum absolute atomic E-state index is 14.3. The molecule has 0 saturated carbocycles. The number of amides is 1. The number of aliphatic imine (C=N–C) groups is 1. The number of nitrogens with one attached hydrogen (secondary N) is 1. The number of nitrogens with zero attached hydrogens (tertiary/aromatic N) is 1. The van der Waals surface area contributed by atoms with Crippen molar-refractivity contribution < 1.29 is 13.6 Å². The lowest BCUT2D eigenvalue weighted by molar-refractivity contribution is 0.0965. The molecular formula is C20H23F2N3OS. The lowest BCUT2D eigenvalue weighted by Crippen LogP contribution is -2.32. The Morgan fingerprint density at radius 2 is 2.15 bits per heavy atom. The molecule has 0 saturated heterocycles. The molecule has 1 atom stereocenters. The van der Waals surface area contributed by atoms with E-state index in [1.807, 2.05) is 13.8 Å². The zero-order valence-electron chi connectivity index (χ0n) is 15.6. The highest BCUT2D eigenvalue weighted by Crippen LogP contribution is 2.31. The van der Waals surface area contributed by atoms with E-state index in [4.69, 9.17) is 5.73 Å². The second-order valence-corrected chi connectivity index (χ2v) is 7.70. The number of carbonyl (C=O) groups is 1. The average molecular weight is 391 g/mol. The molecule has 1 aliphatic heterocycles. The number of carbonyl (C=O) groups excluding carboxylic acids is 1. The number of rotatable bonds is 5. The summed E-state index contributed by atoms with van der Waals surface area (Å²) in [6, 6.07) is 3.93. The first-order valence-corrected chi connectivity index (χ1v) is 9.40. The summed E-state index contributed by atoms with van der Waals surface area (Å²) < 4.78 is 27.6. The lowest BCUT2D eigenvalue weighted by Gasteiger charge is -2.30. The predicted octanol–water partition coefficient (Wildman–Crippen LogP) is 4.39. The van der Waals surface area contributed by atoms with Gasteiger partial charge >= 0.3 is 0 Å². The number of hydrogen-bond acceptors (Lipinski definition) is 4. The summed E-state index contributed by atoms with van der Waals surface area (Å²) in [7, 11) is 0. The molecule has 1 aromatic carbocycles. The van der Waals surface area contributed by atoms with Crippen molar-refractivity contribution >= 4 is 22.8 Å². The van der Waals surface area contributed by atoms with Gasteiger partial charge in [-0.25, -0.2) is 8.78 Å². The fourth-order valence-electron chi connectivity index (χ4n) is 2.50. The van der Waals surface area contributed by atoms with E-state index in [0.717, 1.165) is 17.7 Å². The van der Waals surface area contributed by atoms with E-state index in [0.29, 0.717) is 10.7 Å². The van der Waals surface area contributed by atoms with Crippen LogP contribution in [0.25, 0.3) is 0 Å². The Morgan fingerprint density at radius 1 is 1.44 bits per heavy atom. The van der Waals surface area contributed by atoms with E-state index in [2.05, 4.69) is 16.9 Å². The van der Waals surface area contributed by atoms with Crippen LogP contribution in [-0.2, 0) is 0 Å². The van der Waals surface area contributed by atoms with Crippen LogP contribution in [0, 0.1) is 12.7 Å². The Hall–Kier alpha value is -2.41. The first-order chi connectivity index (χ1) is 12.6. The molecule has 0 aliphatic carbocycles. The maximum Gasteiger partial charge on any atom is 0.255 e. The van der Waals surface area contributed by atoms with Crippen LogP contribution in [0.2, 0.25) is 0 Å². The zero-order valence-corrected chi connectivity index (χ0v) is 16.4. The molecule has 1 unspecified atom stereocenters. The molecule has 144 valence electrons. The Balaban J connectivity index is 2.08. The van der Waals surface area contributed by atoms with E-state index in [-0.39, 0.29) is 11.3 Å². The molecule has 7 heteroatoms. The minimum absolute atomic E-state index is 0.168. The van der Waals surface area contributed by atoms with Crippen molar-refractivity contribution in [1.29, 1.82) is 0 Å². The Labute approximate surface area is 162 Å². The van der Waals surface area contributed by atoms with Gasteiger partial charge in [0.25, 0.3) is 5.91 Å². The van der Waals surface area contributed by atoms with E-state index in [9.17, 15) is 13.6 Å². The van der Waals surface area contributed by atoms with Crippen molar-refractivity contribution in [2.45, 2.75) is 32.7 Å². The summed E-state index contributed by atoms with van der Waals surface area (Å²) in [5.41, 5.74) is 6.57. The number of amidine groups is 1. The van der Waals surface area contributed by atoms with Crippen LogP contribution in [0.5, 0.6) is 0 Å². The average Bonchev–Trinajstić information content (AvgIpc) is 2.61. The first-order valence-electron chi connectivity index (χ1n) is 8.42. The number of aryl methyl sites for hydroxylation is 1. The third-order valence-electron chi connectivity index (χ3n) is 4.50. The normalized spacial score (nSPS) is 20.9. The highest BCUT2D eigenvalue weighted by molar-refractivity contribution is 8.13. The molecule has 1 heterocycles. The van der Waals surface area contributed by atoms with Crippen LogP contribution < -0.4 is 11.1 Å². The number of halogens is 2. The number of benzene rings is 1. The van der Waals surface area contributed by atoms with Gasteiger partial charge in [0.05, 0.1) is 11.2 Å². The minimum Gasteiger partial charge on any atom is -0.379 e. The summed E-state index contributed by atoms with van der Waals surface area (Å²) >= 11 is 1.50. The van der Waals surface area contributed by atoms with E-state index >= 15 is 0 Å². The number of thioether (sulfide) groups is 1. The van der Waals surface area contributed by atoms with Crippen molar-refractivity contribution in [3.8, 4) is 0 Å². The van der Waals surface area contributed by atoms with Gasteiger partial charge in [0.15, 0.2) is 5.17 Å². The molecule has 3 N–H and O–H groups in total. The van der Waals surface area contributed by atoms with Gasteiger partial charge in [0, 0.05) is 11.3 Å². The van der Waals surface area contributed by atoms with Crippen molar-refractivity contribution in [2.75, 3.05) is 5.75 Å². The lowest BCUT2D eigenvalue weighted by atomic mass is 9.90. The van der Waals surface area contributed by atoms with Crippen molar-refractivity contribution in [3.63, 3.8) is 0 Å². The van der Waals surface area contributed by atoms with Gasteiger partial charge in [0.1, 0.15) is 11.6 Å². The van der Waals surface area contributed by atoms with Crippen LogP contribution in [0.3, 0.4) is 0 Å². The molecule has 1 aliphatic rings. The van der Waals surface area contributed by atoms with Crippen LogP contribution >= 0.6 is 11.8 Å². The summed E-state index contributed by atoms with van der Waals surface area (Å²) in [4.78, 5) is 16.6. The largest absolute Gasteiger partial charge is 0.379 e. The Bertz CT molecular complexity index is 861. The second-order valence-electron chi connectivity index (χ2n) is 6.58. The number of allylic oxidation sites excluding steroid dienone is 3. The summed E-state index contributed by atoms with van der Waals surface area (Å²) in [6.45, 7) is 8.91. The Kier molecular flexibility index (Phi) is 6.59. The van der Waals surface area contributed by atoms with Gasteiger partial charge in [-0.1, -0.05) is 24.4 Å². The quantitative estimate of drug-likeness (QED) is 0.732. The third-order valence-corrected chi connectivity index (χ3v) is 5.29. The Morgan fingerprint density at radius 3 is 2.78 bits per heavy atom. The van der Waals surface area contributed by atoms with Crippen molar-refractivity contribution in [3.05, 3.63) is 71.0 Å². The maximum atomic E-state index is 14.3. The highest BCUT2D eigenvalue weighted by atomic mass is 32.2. The van der Waals surface area contributed by atoms with Crippen LogP contribution in [0.4, 0.5) is 8.78 Å². The topological polar surface area (TPSA) is 67.5 Å². The highest BCUT2D eigenvalue weighted by Gasteiger charge is 2.28. The van der Waals surface area contributed by atoms with Gasteiger partial charge in [-0.15, -0.1) is 0 Å².